The van der Waals surface area contributed by atoms with Gasteiger partial charge in [-0.3, -0.25) is 9.58 Å². The van der Waals surface area contributed by atoms with Crippen LogP contribution in [0.15, 0.2) is 24.4 Å². The van der Waals surface area contributed by atoms with Crippen molar-refractivity contribution in [2.24, 2.45) is 0 Å². The molecule has 3 rings (SSSR count). The van der Waals surface area contributed by atoms with Crippen LogP contribution in [0.1, 0.15) is 38.8 Å². The number of nitrogens with zero attached hydrogens (tertiary/aromatic N) is 3. The summed E-state index contributed by atoms with van der Waals surface area (Å²) < 4.78 is 7.35. The van der Waals surface area contributed by atoms with Gasteiger partial charge in [0.2, 0.25) is 0 Å². The molecule has 0 atom stereocenters. The number of benzene rings is 1. The summed E-state index contributed by atoms with van der Waals surface area (Å²) in [5.74, 6) is 0.646. The smallest absolute Gasteiger partial charge is 0.414 e. The van der Waals surface area contributed by atoms with E-state index in [0.717, 1.165) is 29.8 Å². The second-order valence-corrected chi connectivity index (χ2v) is 7.75. The SMILES string of the molecule is CCn1cc(Cl)c(NCc2cccc3c2N(C(=O)OC(C)(C)C)CC3)n1. The van der Waals surface area contributed by atoms with Crippen LogP contribution in [0.5, 0.6) is 0 Å². The summed E-state index contributed by atoms with van der Waals surface area (Å²) in [7, 11) is 0. The molecule has 1 aliphatic rings. The largest absolute Gasteiger partial charge is 0.443 e. The van der Waals surface area contributed by atoms with Crippen molar-refractivity contribution in [1.82, 2.24) is 9.78 Å². The van der Waals surface area contributed by atoms with Crippen LogP contribution in [0.3, 0.4) is 0 Å². The molecule has 0 fully saturated rings. The van der Waals surface area contributed by atoms with E-state index in [4.69, 9.17) is 16.3 Å². The Morgan fingerprint density at radius 1 is 1.38 bits per heavy atom. The molecule has 0 saturated carbocycles. The Morgan fingerprint density at radius 3 is 2.81 bits per heavy atom. The third-order valence-corrected chi connectivity index (χ3v) is 4.46. The number of carbonyl (C=O) groups is 1. The Labute approximate surface area is 159 Å². The lowest BCUT2D eigenvalue weighted by Gasteiger charge is -2.26. The molecule has 1 aromatic heterocycles. The minimum absolute atomic E-state index is 0.308. The van der Waals surface area contributed by atoms with E-state index in [0.29, 0.717) is 23.9 Å². The topological polar surface area (TPSA) is 59.4 Å². The maximum absolute atomic E-state index is 12.6. The maximum atomic E-state index is 12.6. The number of hydrogen-bond acceptors (Lipinski definition) is 4. The Balaban J connectivity index is 1.80. The molecule has 26 heavy (non-hydrogen) atoms. The Morgan fingerprint density at radius 2 is 2.15 bits per heavy atom. The zero-order valence-corrected chi connectivity index (χ0v) is 16.4. The van der Waals surface area contributed by atoms with Gasteiger partial charge in [0, 0.05) is 25.8 Å². The maximum Gasteiger partial charge on any atom is 0.414 e. The fourth-order valence-electron chi connectivity index (χ4n) is 3.04. The van der Waals surface area contributed by atoms with Crippen molar-refractivity contribution in [3.63, 3.8) is 0 Å². The highest BCUT2D eigenvalue weighted by molar-refractivity contribution is 6.32. The van der Waals surface area contributed by atoms with E-state index < -0.39 is 5.60 Å². The quantitative estimate of drug-likeness (QED) is 0.855. The number of amides is 1. The molecule has 1 amide bonds. The molecule has 7 heteroatoms. The van der Waals surface area contributed by atoms with Gasteiger partial charge in [0.25, 0.3) is 0 Å². The fourth-order valence-corrected chi connectivity index (χ4v) is 3.25. The molecule has 0 unspecified atom stereocenters. The third kappa shape index (κ3) is 3.96. The van der Waals surface area contributed by atoms with E-state index in [2.05, 4.69) is 16.5 Å². The first-order chi connectivity index (χ1) is 12.3. The predicted molar refractivity (Wildman–Crippen MR) is 104 cm³/mol. The molecule has 1 aliphatic heterocycles. The van der Waals surface area contributed by atoms with Crippen LogP contribution in [0.25, 0.3) is 0 Å². The summed E-state index contributed by atoms with van der Waals surface area (Å²) in [5.41, 5.74) is 2.58. The van der Waals surface area contributed by atoms with Gasteiger partial charge in [-0.25, -0.2) is 4.79 Å². The summed E-state index contributed by atoms with van der Waals surface area (Å²) in [6, 6.07) is 6.09. The zero-order chi connectivity index (χ0) is 18.9. The van der Waals surface area contributed by atoms with Crippen molar-refractivity contribution in [2.45, 2.75) is 52.8 Å². The van der Waals surface area contributed by atoms with Crippen molar-refractivity contribution in [3.05, 3.63) is 40.5 Å². The molecular formula is C19H25ClN4O2. The molecule has 0 bridgehead atoms. The van der Waals surface area contributed by atoms with Crippen LogP contribution in [0.2, 0.25) is 5.02 Å². The standard InChI is InChI=1S/C19H25ClN4O2/c1-5-23-12-15(20)17(22-23)21-11-14-8-6-7-13-9-10-24(16(13)14)18(25)26-19(2,3)4/h6-8,12H,5,9-11H2,1-4H3,(H,21,22). The number of para-hydroxylation sites is 1. The average Bonchev–Trinajstić information content (AvgIpc) is 3.15. The summed E-state index contributed by atoms with van der Waals surface area (Å²) in [6.07, 6.45) is 2.32. The fraction of sp³-hybridized carbons (Fsp3) is 0.474. The van der Waals surface area contributed by atoms with E-state index in [-0.39, 0.29) is 6.09 Å². The molecule has 2 heterocycles. The number of hydrogen-bond donors (Lipinski definition) is 1. The number of rotatable bonds is 4. The molecule has 6 nitrogen and oxygen atoms in total. The molecule has 1 N–H and O–H groups in total. The number of ether oxygens (including phenoxy) is 1. The lowest BCUT2D eigenvalue weighted by molar-refractivity contribution is 0.0583. The van der Waals surface area contributed by atoms with Crippen LogP contribution in [0, 0.1) is 0 Å². The number of aromatic nitrogens is 2. The second-order valence-electron chi connectivity index (χ2n) is 7.34. The van der Waals surface area contributed by atoms with E-state index in [1.807, 2.05) is 39.8 Å². The molecule has 0 aliphatic carbocycles. The lowest BCUT2D eigenvalue weighted by atomic mass is 10.1. The number of fused-ring (bicyclic) bond motifs is 1. The predicted octanol–water partition coefficient (Wildman–Crippen LogP) is 4.47. The number of nitrogens with one attached hydrogen (secondary N) is 1. The number of aryl methyl sites for hydroxylation is 1. The molecule has 2 aromatic rings. The molecule has 140 valence electrons. The highest BCUT2D eigenvalue weighted by Crippen LogP contribution is 2.34. The summed E-state index contributed by atoms with van der Waals surface area (Å²) in [6.45, 7) is 9.56. The molecule has 0 spiro atoms. The Kier molecular flexibility index (Phi) is 5.14. The average molecular weight is 377 g/mol. The Hall–Kier alpha value is -2.21. The number of halogens is 1. The van der Waals surface area contributed by atoms with Crippen molar-refractivity contribution in [1.29, 1.82) is 0 Å². The summed E-state index contributed by atoms with van der Waals surface area (Å²) >= 11 is 6.23. The second kappa shape index (κ2) is 7.19. The van der Waals surface area contributed by atoms with Gasteiger partial charge in [0.05, 0.1) is 5.69 Å². The Bertz CT molecular complexity index is 810. The number of anilines is 2. The molecule has 0 radical (unpaired) electrons. The van der Waals surface area contributed by atoms with Gasteiger partial charge in [-0.15, -0.1) is 0 Å². The number of carbonyl (C=O) groups excluding carboxylic acids is 1. The van der Waals surface area contributed by atoms with Crippen molar-refractivity contribution >= 4 is 29.2 Å². The van der Waals surface area contributed by atoms with Gasteiger partial charge in [-0.2, -0.15) is 5.10 Å². The van der Waals surface area contributed by atoms with Crippen molar-refractivity contribution < 1.29 is 9.53 Å². The first-order valence-electron chi connectivity index (χ1n) is 8.86. The van der Waals surface area contributed by atoms with Crippen LogP contribution < -0.4 is 10.2 Å². The van der Waals surface area contributed by atoms with E-state index in [1.165, 1.54) is 0 Å². The van der Waals surface area contributed by atoms with Crippen molar-refractivity contribution in [3.8, 4) is 0 Å². The molecule has 0 saturated heterocycles. The minimum Gasteiger partial charge on any atom is -0.443 e. The highest BCUT2D eigenvalue weighted by atomic mass is 35.5. The first-order valence-corrected chi connectivity index (χ1v) is 9.24. The van der Waals surface area contributed by atoms with E-state index in [9.17, 15) is 4.79 Å². The van der Waals surface area contributed by atoms with E-state index in [1.54, 1.807) is 15.8 Å². The van der Waals surface area contributed by atoms with Gasteiger partial charge < -0.3 is 10.1 Å². The zero-order valence-electron chi connectivity index (χ0n) is 15.7. The summed E-state index contributed by atoms with van der Waals surface area (Å²) in [4.78, 5) is 14.3. The first kappa shape index (κ1) is 18.6. The van der Waals surface area contributed by atoms with Crippen LogP contribution >= 0.6 is 11.6 Å². The van der Waals surface area contributed by atoms with Gasteiger partial charge in [-0.1, -0.05) is 29.8 Å². The van der Waals surface area contributed by atoms with Crippen molar-refractivity contribution in [2.75, 3.05) is 16.8 Å². The third-order valence-electron chi connectivity index (χ3n) is 4.18. The lowest BCUT2D eigenvalue weighted by Crippen LogP contribution is -2.36. The van der Waals surface area contributed by atoms with E-state index >= 15 is 0 Å². The van der Waals surface area contributed by atoms with Crippen LogP contribution in [0.4, 0.5) is 16.3 Å². The summed E-state index contributed by atoms with van der Waals surface area (Å²) in [5, 5.41) is 8.27. The van der Waals surface area contributed by atoms with Gasteiger partial charge in [0.1, 0.15) is 10.6 Å². The normalized spacial score (nSPS) is 13.7. The van der Waals surface area contributed by atoms with Gasteiger partial charge in [0.15, 0.2) is 5.82 Å². The van der Waals surface area contributed by atoms with Gasteiger partial charge in [-0.05, 0) is 45.2 Å². The molecular weight excluding hydrogens is 352 g/mol. The van der Waals surface area contributed by atoms with Crippen LogP contribution in [-0.2, 0) is 24.2 Å². The monoisotopic (exact) mass is 376 g/mol. The highest BCUT2D eigenvalue weighted by Gasteiger charge is 2.30. The molecule has 1 aromatic carbocycles. The van der Waals surface area contributed by atoms with Crippen LogP contribution in [-0.4, -0.2) is 28.0 Å². The van der Waals surface area contributed by atoms with Gasteiger partial charge >= 0.3 is 6.09 Å². The minimum atomic E-state index is -0.520.